The monoisotopic (exact) mass is 378 g/mol. The highest BCUT2D eigenvalue weighted by atomic mass is 16.5. The lowest BCUT2D eigenvalue weighted by Crippen LogP contribution is -2.14. The zero-order valence-corrected chi connectivity index (χ0v) is 15.3. The van der Waals surface area contributed by atoms with Gasteiger partial charge in [0.1, 0.15) is 5.75 Å². The fraction of sp³-hybridized carbons (Fsp3) is 0.100. The number of carbonyl (C=O) groups excluding carboxylic acids is 2. The lowest BCUT2D eigenvalue weighted by Gasteiger charge is -2.08. The molecule has 0 aliphatic heterocycles. The number of nitrogens with one attached hydrogen (secondary N) is 2. The molecule has 0 saturated heterocycles. The molecule has 1 aromatic heterocycles. The number of esters is 1. The summed E-state index contributed by atoms with van der Waals surface area (Å²) in [4.78, 5) is 23.9. The average Bonchev–Trinajstić information content (AvgIpc) is 2.74. The van der Waals surface area contributed by atoms with Crippen molar-refractivity contribution in [1.82, 2.24) is 10.2 Å². The van der Waals surface area contributed by atoms with Gasteiger partial charge in [0.25, 0.3) is 5.91 Å². The largest absolute Gasteiger partial charge is 0.497 e. The number of nitrogens with zero attached hydrogens (tertiary/aromatic N) is 2. The van der Waals surface area contributed by atoms with Crippen LogP contribution in [0.2, 0.25) is 0 Å². The summed E-state index contributed by atoms with van der Waals surface area (Å²) in [5.41, 5.74) is 1.85. The van der Waals surface area contributed by atoms with Crippen LogP contribution >= 0.6 is 0 Å². The van der Waals surface area contributed by atoms with Crippen LogP contribution in [-0.2, 0) is 4.74 Å². The van der Waals surface area contributed by atoms with Gasteiger partial charge in [-0.2, -0.15) is 0 Å². The molecule has 0 saturated carbocycles. The van der Waals surface area contributed by atoms with E-state index in [0.717, 1.165) is 0 Å². The molecule has 2 N–H and O–H groups in total. The Morgan fingerprint density at radius 3 is 2.32 bits per heavy atom. The molecule has 0 unspecified atom stereocenters. The van der Waals surface area contributed by atoms with Gasteiger partial charge in [-0.3, -0.25) is 4.79 Å². The summed E-state index contributed by atoms with van der Waals surface area (Å²) < 4.78 is 9.78. The van der Waals surface area contributed by atoms with Crippen LogP contribution in [0, 0.1) is 0 Å². The van der Waals surface area contributed by atoms with Crippen molar-refractivity contribution in [2.45, 2.75) is 0 Å². The van der Waals surface area contributed by atoms with E-state index in [9.17, 15) is 9.59 Å². The van der Waals surface area contributed by atoms with E-state index in [1.54, 1.807) is 67.8 Å². The lowest BCUT2D eigenvalue weighted by molar-refractivity contribution is 0.0600. The van der Waals surface area contributed by atoms with Crippen LogP contribution in [0.5, 0.6) is 5.75 Å². The standard InChI is InChI=1S/C20H18N4O4/c1-27-16-8-6-14(7-9-16)22-19(25)17-10-11-18(24-23-17)21-15-5-3-4-13(12-15)20(26)28-2/h3-12H,1-2H3,(H,21,24)(H,22,25). The van der Waals surface area contributed by atoms with Gasteiger partial charge in [-0.1, -0.05) is 6.07 Å². The van der Waals surface area contributed by atoms with E-state index < -0.39 is 5.97 Å². The molecule has 142 valence electrons. The quantitative estimate of drug-likeness (QED) is 0.635. The zero-order valence-electron chi connectivity index (χ0n) is 15.3. The SMILES string of the molecule is COC(=O)c1cccc(Nc2ccc(C(=O)Nc3ccc(OC)cc3)nn2)c1. The van der Waals surface area contributed by atoms with Crippen molar-refractivity contribution in [3.05, 3.63) is 71.9 Å². The summed E-state index contributed by atoms with van der Waals surface area (Å²) in [7, 11) is 2.90. The first-order valence-electron chi connectivity index (χ1n) is 8.33. The minimum atomic E-state index is -0.430. The summed E-state index contributed by atoms with van der Waals surface area (Å²) in [5.74, 6) is 0.324. The fourth-order valence-electron chi connectivity index (χ4n) is 2.38. The van der Waals surface area contributed by atoms with Crippen molar-refractivity contribution in [3.63, 3.8) is 0 Å². The molecule has 0 atom stereocenters. The van der Waals surface area contributed by atoms with Crippen LogP contribution in [0.4, 0.5) is 17.2 Å². The third kappa shape index (κ3) is 4.61. The highest BCUT2D eigenvalue weighted by molar-refractivity contribution is 6.02. The Bertz CT molecular complexity index is 972. The summed E-state index contributed by atoms with van der Waals surface area (Å²) in [6.07, 6.45) is 0. The predicted molar refractivity (Wildman–Crippen MR) is 104 cm³/mol. The molecule has 0 fully saturated rings. The normalized spacial score (nSPS) is 10.1. The zero-order chi connectivity index (χ0) is 19.9. The maximum atomic E-state index is 12.3. The summed E-state index contributed by atoms with van der Waals surface area (Å²) in [6.45, 7) is 0. The number of carbonyl (C=O) groups is 2. The number of hydrogen-bond acceptors (Lipinski definition) is 7. The highest BCUT2D eigenvalue weighted by Gasteiger charge is 2.10. The number of amides is 1. The third-order valence-corrected chi connectivity index (χ3v) is 3.80. The van der Waals surface area contributed by atoms with E-state index >= 15 is 0 Å². The first kappa shape index (κ1) is 18.8. The van der Waals surface area contributed by atoms with Gasteiger partial charge in [0.2, 0.25) is 0 Å². The number of ether oxygens (including phenoxy) is 2. The van der Waals surface area contributed by atoms with Crippen LogP contribution in [0.3, 0.4) is 0 Å². The molecule has 28 heavy (non-hydrogen) atoms. The van der Waals surface area contributed by atoms with Crippen molar-refractivity contribution in [2.75, 3.05) is 24.9 Å². The molecule has 0 spiro atoms. The van der Waals surface area contributed by atoms with Gasteiger partial charge in [-0.25, -0.2) is 4.79 Å². The summed E-state index contributed by atoms with van der Waals surface area (Å²) >= 11 is 0. The first-order valence-corrected chi connectivity index (χ1v) is 8.33. The van der Waals surface area contributed by atoms with Crippen molar-refractivity contribution >= 4 is 29.1 Å². The molecule has 0 aliphatic rings. The topological polar surface area (TPSA) is 102 Å². The Kier molecular flexibility index (Phi) is 5.81. The molecule has 3 aromatic rings. The summed E-state index contributed by atoms with van der Waals surface area (Å²) in [6, 6.07) is 16.9. The fourth-order valence-corrected chi connectivity index (χ4v) is 2.38. The maximum Gasteiger partial charge on any atom is 0.337 e. The Morgan fingerprint density at radius 2 is 1.68 bits per heavy atom. The molecule has 8 nitrogen and oxygen atoms in total. The number of benzene rings is 2. The van der Waals surface area contributed by atoms with Crippen LogP contribution in [-0.4, -0.2) is 36.3 Å². The number of hydrogen-bond donors (Lipinski definition) is 2. The molecule has 2 aromatic carbocycles. The van der Waals surface area contributed by atoms with Gasteiger partial charge in [0, 0.05) is 11.4 Å². The molecule has 0 aliphatic carbocycles. The van der Waals surface area contributed by atoms with Crippen molar-refractivity contribution < 1.29 is 19.1 Å². The Hall–Kier alpha value is -3.94. The molecule has 1 heterocycles. The van der Waals surface area contributed by atoms with Crippen molar-refractivity contribution in [3.8, 4) is 5.75 Å². The maximum absolute atomic E-state index is 12.3. The van der Waals surface area contributed by atoms with Crippen molar-refractivity contribution in [2.24, 2.45) is 0 Å². The van der Waals surface area contributed by atoms with E-state index in [0.29, 0.717) is 28.5 Å². The number of anilines is 3. The summed E-state index contributed by atoms with van der Waals surface area (Å²) in [5, 5.41) is 13.7. The van der Waals surface area contributed by atoms with E-state index in [2.05, 4.69) is 20.8 Å². The molecule has 8 heteroatoms. The first-order chi connectivity index (χ1) is 13.6. The van der Waals surface area contributed by atoms with Gasteiger partial charge in [0.15, 0.2) is 11.5 Å². The minimum Gasteiger partial charge on any atom is -0.497 e. The van der Waals surface area contributed by atoms with Gasteiger partial charge in [-0.05, 0) is 54.6 Å². The third-order valence-electron chi connectivity index (χ3n) is 3.80. The van der Waals surface area contributed by atoms with Gasteiger partial charge in [-0.15, -0.1) is 10.2 Å². The van der Waals surface area contributed by atoms with E-state index in [-0.39, 0.29) is 11.6 Å². The Labute approximate surface area is 161 Å². The second kappa shape index (κ2) is 8.63. The van der Waals surface area contributed by atoms with Crippen molar-refractivity contribution in [1.29, 1.82) is 0 Å². The second-order valence-electron chi connectivity index (χ2n) is 5.68. The molecule has 0 bridgehead atoms. The highest BCUT2D eigenvalue weighted by Crippen LogP contribution is 2.18. The molecular weight excluding hydrogens is 360 g/mol. The van der Waals surface area contributed by atoms with Gasteiger partial charge >= 0.3 is 5.97 Å². The van der Waals surface area contributed by atoms with Crippen LogP contribution in [0.1, 0.15) is 20.8 Å². The van der Waals surface area contributed by atoms with E-state index in [1.165, 1.54) is 7.11 Å². The van der Waals surface area contributed by atoms with Crippen LogP contribution in [0.15, 0.2) is 60.7 Å². The number of methoxy groups -OCH3 is 2. The second-order valence-corrected chi connectivity index (χ2v) is 5.68. The number of rotatable bonds is 6. The predicted octanol–water partition coefficient (Wildman–Crippen LogP) is 3.27. The number of aromatic nitrogens is 2. The minimum absolute atomic E-state index is 0.171. The van der Waals surface area contributed by atoms with Gasteiger partial charge < -0.3 is 20.1 Å². The van der Waals surface area contributed by atoms with Crippen LogP contribution < -0.4 is 15.4 Å². The molecular formula is C20H18N4O4. The van der Waals surface area contributed by atoms with E-state index in [1.807, 2.05) is 0 Å². The van der Waals surface area contributed by atoms with E-state index in [4.69, 9.17) is 9.47 Å². The van der Waals surface area contributed by atoms with Gasteiger partial charge in [0.05, 0.1) is 19.8 Å². The Balaban J connectivity index is 1.65. The molecule has 0 radical (unpaired) electrons. The van der Waals surface area contributed by atoms with Crippen LogP contribution in [0.25, 0.3) is 0 Å². The average molecular weight is 378 g/mol. The smallest absolute Gasteiger partial charge is 0.337 e. The molecule has 1 amide bonds. The lowest BCUT2D eigenvalue weighted by atomic mass is 10.2. The Morgan fingerprint density at radius 1 is 0.893 bits per heavy atom. The molecule has 3 rings (SSSR count).